The maximum Gasteiger partial charge on any atom is 0.309 e. The first-order valence-corrected chi connectivity index (χ1v) is 8.28. The molecule has 0 amide bonds. The second-order valence-corrected chi connectivity index (χ2v) is 6.34. The number of benzene rings is 2. The molecule has 0 spiro atoms. The summed E-state index contributed by atoms with van der Waals surface area (Å²) in [5.41, 5.74) is 7.64. The highest BCUT2D eigenvalue weighted by Crippen LogP contribution is 2.35. The summed E-state index contributed by atoms with van der Waals surface area (Å²) in [5.74, 6) is -1.51. The topological polar surface area (TPSA) is 69.4 Å². The summed E-state index contributed by atoms with van der Waals surface area (Å²) >= 11 is 0. The second-order valence-electron chi connectivity index (χ2n) is 6.34. The summed E-state index contributed by atoms with van der Waals surface area (Å²) in [6.07, 6.45) is 2.23. The first-order chi connectivity index (χ1) is 12.0. The molecule has 2 aromatic carbocycles. The number of Topliss-reactive ketones (excluding diaryl/α,β-unsaturated/α-hetero) is 1. The first-order valence-electron chi connectivity index (χ1n) is 8.28. The average Bonchev–Trinajstić information content (AvgIpc) is 3.12. The lowest BCUT2D eigenvalue weighted by atomic mass is 9.88. The minimum Gasteiger partial charge on any atom is -0.469 e. The highest BCUT2D eigenvalue weighted by molar-refractivity contribution is 6.00. The van der Waals surface area contributed by atoms with Crippen LogP contribution in [-0.2, 0) is 9.53 Å². The van der Waals surface area contributed by atoms with Crippen LogP contribution in [0.4, 0.5) is 10.1 Å². The Labute approximate surface area is 145 Å². The summed E-state index contributed by atoms with van der Waals surface area (Å²) < 4.78 is 18.4. The number of anilines is 1. The van der Waals surface area contributed by atoms with Gasteiger partial charge in [-0.1, -0.05) is 36.8 Å². The van der Waals surface area contributed by atoms with Gasteiger partial charge in [-0.2, -0.15) is 0 Å². The Morgan fingerprint density at radius 2 is 1.68 bits per heavy atom. The SMILES string of the molecule is COC(=O)[C@@H]1CCC[C@H]1C(=O)c1ccc(-c2ccc(N)c(F)c2)cc1. The Bertz CT molecular complexity index is 801. The monoisotopic (exact) mass is 341 g/mol. The number of nitrogens with two attached hydrogens (primary N) is 1. The maximum absolute atomic E-state index is 13.6. The van der Waals surface area contributed by atoms with Crippen molar-refractivity contribution in [2.75, 3.05) is 12.8 Å². The van der Waals surface area contributed by atoms with Gasteiger partial charge in [0.05, 0.1) is 18.7 Å². The fraction of sp³-hybridized carbons (Fsp3) is 0.300. The Hall–Kier alpha value is -2.69. The number of ether oxygens (including phenoxy) is 1. The number of esters is 1. The highest BCUT2D eigenvalue weighted by Gasteiger charge is 2.38. The van der Waals surface area contributed by atoms with Gasteiger partial charge >= 0.3 is 5.97 Å². The molecule has 130 valence electrons. The summed E-state index contributed by atoms with van der Waals surface area (Å²) in [5, 5.41) is 0. The molecule has 5 heteroatoms. The lowest BCUT2D eigenvalue weighted by Gasteiger charge is -2.16. The molecule has 3 rings (SSSR count). The van der Waals surface area contributed by atoms with Crippen LogP contribution >= 0.6 is 0 Å². The van der Waals surface area contributed by atoms with E-state index in [-0.39, 0.29) is 29.3 Å². The van der Waals surface area contributed by atoms with Crippen LogP contribution in [0.25, 0.3) is 11.1 Å². The Morgan fingerprint density at radius 3 is 2.32 bits per heavy atom. The molecule has 1 aliphatic carbocycles. The number of nitrogen functional groups attached to an aromatic ring is 1. The minimum atomic E-state index is -0.468. The molecule has 0 bridgehead atoms. The molecule has 0 radical (unpaired) electrons. The number of halogens is 1. The lowest BCUT2D eigenvalue weighted by Crippen LogP contribution is -2.26. The molecule has 1 fully saturated rings. The molecular formula is C20H20FNO3. The Balaban J connectivity index is 1.81. The lowest BCUT2D eigenvalue weighted by molar-refractivity contribution is -0.146. The molecule has 0 aromatic heterocycles. The van der Waals surface area contributed by atoms with Gasteiger partial charge < -0.3 is 10.5 Å². The van der Waals surface area contributed by atoms with Gasteiger partial charge in [0.25, 0.3) is 0 Å². The zero-order valence-corrected chi connectivity index (χ0v) is 14.0. The van der Waals surface area contributed by atoms with Crippen LogP contribution in [0.5, 0.6) is 0 Å². The number of carbonyl (C=O) groups is 2. The molecule has 0 unspecified atom stereocenters. The van der Waals surface area contributed by atoms with Crippen LogP contribution in [0.3, 0.4) is 0 Å². The fourth-order valence-corrected chi connectivity index (χ4v) is 3.46. The minimum absolute atomic E-state index is 0.0389. The van der Waals surface area contributed by atoms with Crippen molar-refractivity contribution in [3.05, 3.63) is 53.8 Å². The predicted molar refractivity (Wildman–Crippen MR) is 93.4 cm³/mol. The van der Waals surface area contributed by atoms with Gasteiger partial charge in [-0.15, -0.1) is 0 Å². The van der Waals surface area contributed by atoms with E-state index in [9.17, 15) is 14.0 Å². The molecule has 1 aliphatic rings. The third-order valence-electron chi connectivity index (χ3n) is 4.86. The van der Waals surface area contributed by atoms with Crippen LogP contribution in [-0.4, -0.2) is 18.9 Å². The summed E-state index contributed by atoms with van der Waals surface area (Å²) in [6, 6.07) is 11.6. The van der Waals surface area contributed by atoms with Crippen molar-refractivity contribution in [1.29, 1.82) is 0 Å². The van der Waals surface area contributed by atoms with Crippen LogP contribution in [0.2, 0.25) is 0 Å². The molecule has 2 N–H and O–H groups in total. The van der Waals surface area contributed by atoms with Crippen molar-refractivity contribution in [2.45, 2.75) is 19.3 Å². The summed E-state index contributed by atoms with van der Waals surface area (Å²) in [6.45, 7) is 0. The van der Waals surface area contributed by atoms with E-state index in [1.807, 2.05) is 0 Å². The molecule has 2 aromatic rings. The average molecular weight is 341 g/mol. The third kappa shape index (κ3) is 3.40. The van der Waals surface area contributed by atoms with E-state index in [0.29, 0.717) is 24.0 Å². The van der Waals surface area contributed by atoms with Gasteiger partial charge in [-0.3, -0.25) is 9.59 Å². The zero-order chi connectivity index (χ0) is 18.0. The zero-order valence-electron chi connectivity index (χ0n) is 14.0. The van der Waals surface area contributed by atoms with Crippen LogP contribution in [0, 0.1) is 17.7 Å². The molecule has 0 aliphatic heterocycles. The normalized spacial score (nSPS) is 19.6. The Kier molecular flexibility index (Phi) is 4.83. The van der Waals surface area contributed by atoms with E-state index < -0.39 is 5.82 Å². The number of hydrogen-bond donors (Lipinski definition) is 1. The molecular weight excluding hydrogens is 321 g/mol. The van der Waals surface area contributed by atoms with Crippen molar-refractivity contribution >= 4 is 17.4 Å². The van der Waals surface area contributed by atoms with Crippen LogP contribution in [0.15, 0.2) is 42.5 Å². The molecule has 0 heterocycles. The third-order valence-corrected chi connectivity index (χ3v) is 4.86. The van der Waals surface area contributed by atoms with E-state index >= 15 is 0 Å². The number of methoxy groups -OCH3 is 1. The Morgan fingerprint density at radius 1 is 1.04 bits per heavy atom. The smallest absolute Gasteiger partial charge is 0.309 e. The van der Waals surface area contributed by atoms with Crippen molar-refractivity contribution in [3.63, 3.8) is 0 Å². The largest absolute Gasteiger partial charge is 0.469 e. The fourth-order valence-electron chi connectivity index (χ4n) is 3.46. The van der Waals surface area contributed by atoms with E-state index in [2.05, 4.69) is 0 Å². The maximum atomic E-state index is 13.6. The second kappa shape index (κ2) is 7.05. The van der Waals surface area contributed by atoms with Gasteiger partial charge in [-0.05, 0) is 36.1 Å². The first kappa shape index (κ1) is 17.1. The predicted octanol–water partition coefficient (Wildman–Crippen LogP) is 3.85. The van der Waals surface area contributed by atoms with Gasteiger partial charge in [0, 0.05) is 11.5 Å². The van der Waals surface area contributed by atoms with Gasteiger partial charge in [0.2, 0.25) is 0 Å². The number of carbonyl (C=O) groups excluding carboxylic acids is 2. The molecule has 2 atom stereocenters. The van der Waals surface area contributed by atoms with Crippen LogP contribution < -0.4 is 5.73 Å². The van der Waals surface area contributed by atoms with Crippen molar-refractivity contribution < 1.29 is 18.7 Å². The standard InChI is InChI=1S/C20H20FNO3/c1-25-20(24)16-4-2-3-15(16)19(23)13-7-5-12(6-8-13)14-9-10-18(22)17(21)11-14/h5-11,15-16H,2-4,22H2,1H3/t15-,16-/m1/s1. The molecule has 0 saturated heterocycles. The summed E-state index contributed by atoms with van der Waals surface area (Å²) in [7, 11) is 1.35. The van der Waals surface area contributed by atoms with E-state index in [1.165, 1.54) is 19.2 Å². The number of rotatable bonds is 4. The number of hydrogen-bond acceptors (Lipinski definition) is 4. The van der Waals surface area contributed by atoms with E-state index in [0.717, 1.165) is 12.0 Å². The van der Waals surface area contributed by atoms with Gasteiger partial charge in [0.1, 0.15) is 5.82 Å². The van der Waals surface area contributed by atoms with E-state index in [4.69, 9.17) is 10.5 Å². The van der Waals surface area contributed by atoms with E-state index in [1.54, 1.807) is 30.3 Å². The van der Waals surface area contributed by atoms with Crippen molar-refractivity contribution in [3.8, 4) is 11.1 Å². The highest BCUT2D eigenvalue weighted by atomic mass is 19.1. The molecule has 25 heavy (non-hydrogen) atoms. The molecule has 4 nitrogen and oxygen atoms in total. The quantitative estimate of drug-likeness (QED) is 0.521. The van der Waals surface area contributed by atoms with Gasteiger partial charge in [0.15, 0.2) is 5.78 Å². The van der Waals surface area contributed by atoms with Crippen molar-refractivity contribution in [2.24, 2.45) is 11.8 Å². The molecule has 1 saturated carbocycles. The van der Waals surface area contributed by atoms with Crippen LogP contribution in [0.1, 0.15) is 29.6 Å². The van der Waals surface area contributed by atoms with Crippen molar-refractivity contribution in [1.82, 2.24) is 0 Å². The van der Waals surface area contributed by atoms with Gasteiger partial charge in [-0.25, -0.2) is 4.39 Å². The summed E-state index contributed by atoms with van der Waals surface area (Å²) in [4.78, 5) is 24.6. The number of ketones is 1.